The van der Waals surface area contributed by atoms with Gasteiger partial charge in [0.05, 0.1) is 4.88 Å². The second-order valence-corrected chi connectivity index (χ2v) is 9.68. The van der Waals surface area contributed by atoms with Gasteiger partial charge in [-0.25, -0.2) is 0 Å². The van der Waals surface area contributed by atoms with Gasteiger partial charge >= 0.3 is 0 Å². The van der Waals surface area contributed by atoms with Gasteiger partial charge in [-0.2, -0.15) is 0 Å². The van der Waals surface area contributed by atoms with Gasteiger partial charge in [0.2, 0.25) is 0 Å². The Morgan fingerprint density at radius 2 is 1.59 bits per heavy atom. The molecule has 1 aliphatic rings. The lowest BCUT2D eigenvalue weighted by atomic mass is 9.84. The number of hydrogen-bond donors (Lipinski definition) is 0. The Balaban J connectivity index is 2.02. The third-order valence-corrected chi connectivity index (χ3v) is 7.47. The number of allylic oxidation sites excluding steroid dienone is 2. The maximum Gasteiger partial charge on any atom is 0.167 e. The van der Waals surface area contributed by atoms with Crippen molar-refractivity contribution in [2.24, 2.45) is 0 Å². The Bertz CT molecular complexity index is 1020. The number of thiophene rings is 1. The zero-order valence-electron chi connectivity index (χ0n) is 16.8. The summed E-state index contributed by atoms with van der Waals surface area (Å²) in [7, 11) is 0. The van der Waals surface area contributed by atoms with Crippen LogP contribution in [0.1, 0.15) is 49.1 Å². The third-order valence-electron chi connectivity index (χ3n) is 5.37. The van der Waals surface area contributed by atoms with E-state index in [1.54, 1.807) is 11.3 Å². The van der Waals surface area contributed by atoms with Gasteiger partial charge in [0, 0.05) is 14.7 Å². The van der Waals surface area contributed by atoms with Gasteiger partial charge in [0.1, 0.15) is 5.76 Å². The molecular formula is C26H25IOS. The van der Waals surface area contributed by atoms with E-state index in [1.165, 1.54) is 43.6 Å². The minimum absolute atomic E-state index is 0.501. The molecule has 1 aromatic heterocycles. The monoisotopic (exact) mass is 512 g/mol. The van der Waals surface area contributed by atoms with E-state index >= 15 is 0 Å². The van der Waals surface area contributed by atoms with Crippen LogP contribution in [-0.2, 0) is 10.3 Å². The quantitative estimate of drug-likeness (QED) is 0.301. The van der Waals surface area contributed by atoms with Gasteiger partial charge < -0.3 is 4.74 Å². The summed E-state index contributed by atoms with van der Waals surface area (Å²) in [6, 6.07) is 25.7. The molecule has 0 N–H and O–H groups in total. The van der Waals surface area contributed by atoms with E-state index in [0.717, 1.165) is 12.2 Å². The van der Waals surface area contributed by atoms with Crippen molar-refractivity contribution in [2.75, 3.05) is 0 Å². The van der Waals surface area contributed by atoms with Crippen molar-refractivity contribution in [3.05, 3.63) is 104 Å². The molecule has 2 heterocycles. The SMILES string of the molecule is CCCC/C(I)=C1/OC(C)(c2cccs2)C(c2ccccc2)=C1c1ccccc1. The smallest absolute Gasteiger partial charge is 0.167 e. The van der Waals surface area contributed by atoms with Crippen molar-refractivity contribution in [2.45, 2.75) is 38.7 Å². The number of rotatable bonds is 6. The molecule has 2 aromatic carbocycles. The maximum atomic E-state index is 6.89. The number of unbranched alkanes of at least 4 members (excludes halogenated alkanes) is 1. The molecule has 1 aliphatic heterocycles. The van der Waals surface area contributed by atoms with Crippen molar-refractivity contribution in [3.63, 3.8) is 0 Å². The molecule has 0 bridgehead atoms. The fourth-order valence-corrected chi connectivity index (χ4v) is 5.51. The lowest BCUT2D eigenvalue weighted by Gasteiger charge is -2.27. The average molecular weight is 512 g/mol. The van der Waals surface area contributed by atoms with Crippen LogP contribution in [0.4, 0.5) is 0 Å². The Kier molecular flexibility index (Phi) is 6.26. The first-order valence-electron chi connectivity index (χ1n) is 10.1. The minimum Gasteiger partial charge on any atom is -0.476 e. The van der Waals surface area contributed by atoms with E-state index in [1.807, 2.05) is 0 Å². The van der Waals surface area contributed by atoms with E-state index in [2.05, 4.69) is 115 Å². The van der Waals surface area contributed by atoms with Crippen LogP contribution in [0.5, 0.6) is 0 Å². The summed E-state index contributed by atoms with van der Waals surface area (Å²) in [6.45, 7) is 4.46. The van der Waals surface area contributed by atoms with Gasteiger partial charge in [-0.15, -0.1) is 11.3 Å². The van der Waals surface area contributed by atoms with E-state index in [-0.39, 0.29) is 0 Å². The standard InChI is InChI=1S/C26H25IOS/c1-3-4-16-21(27)25-23(19-12-7-5-8-13-19)24(20-14-9-6-10-15-20)26(2,28-25)22-17-11-18-29-22/h5-15,17-18H,3-4,16H2,1-2H3/b25-21-. The average Bonchev–Trinajstić information content (AvgIpc) is 3.40. The van der Waals surface area contributed by atoms with Gasteiger partial charge in [-0.1, -0.05) is 80.1 Å². The van der Waals surface area contributed by atoms with E-state index in [4.69, 9.17) is 4.74 Å². The van der Waals surface area contributed by atoms with Gasteiger partial charge in [0.25, 0.3) is 0 Å². The van der Waals surface area contributed by atoms with Crippen LogP contribution in [0.25, 0.3) is 11.1 Å². The topological polar surface area (TPSA) is 9.23 Å². The molecule has 1 atom stereocenters. The number of hydrogen-bond acceptors (Lipinski definition) is 2. The van der Waals surface area contributed by atoms with Crippen LogP contribution in [0.3, 0.4) is 0 Å². The van der Waals surface area contributed by atoms with Crippen molar-refractivity contribution in [1.82, 2.24) is 0 Å². The highest BCUT2D eigenvalue weighted by atomic mass is 127. The molecule has 1 nitrogen and oxygen atoms in total. The normalized spacial score (nSPS) is 20.7. The molecule has 0 radical (unpaired) electrons. The molecule has 148 valence electrons. The first kappa shape index (κ1) is 20.4. The summed E-state index contributed by atoms with van der Waals surface area (Å²) in [6.07, 6.45) is 3.40. The second kappa shape index (κ2) is 8.88. The molecule has 29 heavy (non-hydrogen) atoms. The fraction of sp³-hybridized carbons (Fsp3) is 0.231. The highest BCUT2D eigenvalue weighted by Gasteiger charge is 2.45. The zero-order chi connectivity index (χ0) is 20.3. The maximum absolute atomic E-state index is 6.89. The lowest BCUT2D eigenvalue weighted by Crippen LogP contribution is -2.22. The Hall–Kier alpha value is -1.85. The summed E-state index contributed by atoms with van der Waals surface area (Å²) in [5, 5.41) is 2.14. The fourth-order valence-electron chi connectivity index (χ4n) is 3.92. The predicted molar refractivity (Wildman–Crippen MR) is 133 cm³/mol. The summed E-state index contributed by atoms with van der Waals surface area (Å²) in [5.74, 6) is 1.04. The van der Waals surface area contributed by atoms with E-state index in [0.29, 0.717) is 0 Å². The molecule has 4 rings (SSSR count). The van der Waals surface area contributed by atoms with Gasteiger partial charge in [0.15, 0.2) is 5.60 Å². The van der Waals surface area contributed by atoms with Crippen LogP contribution in [-0.4, -0.2) is 0 Å². The van der Waals surface area contributed by atoms with Crippen molar-refractivity contribution < 1.29 is 4.74 Å². The molecule has 0 amide bonds. The van der Waals surface area contributed by atoms with Crippen molar-refractivity contribution >= 4 is 45.1 Å². The molecule has 0 saturated carbocycles. The first-order chi connectivity index (χ1) is 14.1. The van der Waals surface area contributed by atoms with Crippen LogP contribution < -0.4 is 0 Å². The van der Waals surface area contributed by atoms with Crippen molar-refractivity contribution in [1.29, 1.82) is 0 Å². The van der Waals surface area contributed by atoms with Crippen LogP contribution >= 0.6 is 33.9 Å². The molecule has 0 spiro atoms. The lowest BCUT2D eigenvalue weighted by molar-refractivity contribution is 0.0946. The zero-order valence-corrected chi connectivity index (χ0v) is 19.8. The van der Waals surface area contributed by atoms with E-state index in [9.17, 15) is 0 Å². The van der Waals surface area contributed by atoms with Crippen LogP contribution in [0, 0.1) is 0 Å². The van der Waals surface area contributed by atoms with E-state index < -0.39 is 5.60 Å². The Morgan fingerprint density at radius 1 is 0.931 bits per heavy atom. The summed E-state index contributed by atoms with van der Waals surface area (Å²) in [4.78, 5) is 1.24. The molecule has 3 aromatic rings. The highest BCUT2D eigenvalue weighted by molar-refractivity contribution is 14.1. The summed E-state index contributed by atoms with van der Waals surface area (Å²) < 4.78 is 8.20. The third kappa shape index (κ3) is 3.95. The Labute approximate surface area is 191 Å². The first-order valence-corrected chi connectivity index (χ1v) is 12.1. The largest absolute Gasteiger partial charge is 0.476 e. The molecule has 1 unspecified atom stereocenters. The van der Waals surface area contributed by atoms with Crippen LogP contribution in [0.2, 0.25) is 0 Å². The highest BCUT2D eigenvalue weighted by Crippen LogP contribution is 2.56. The van der Waals surface area contributed by atoms with Gasteiger partial charge in [-0.3, -0.25) is 0 Å². The van der Waals surface area contributed by atoms with Gasteiger partial charge in [-0.05, 0) is 64.9 Å². The van der Waals surface area contributed by atoms with Crippen LogP contribution in [0.15, 0.2) is 87.5 Å². The molecule has 3 heteroatoms. The number of benzene rings is 2. The Morgan fingerprint density at radius 3 is 2.17 bits per heavy atom. The summed E-state index contributed by atoms with van der Waals surface area (Å²) in [5.41, 5.74) is 4.42. The summed E-state index contributed by atoms with van der Waals surface area (Å²) >= 11 is 4.26. The van der Waals surface area contributed by atoms with Crippen molar-refractivity contribution in [3.8, 4) is 0 Å². The number of halogens is 1. The number of ether oxygens (including phenoxy) is 1. The molecular weight excluding hydrogens is 487 g/mol. The molecule has 0 aliphatic carbocycles. The molecule has 0 fully saturated rings. The second-order valence-electron chi connectivity index (χ2n) is 7.43. The molecule has 0 saturated heterocycles. The minimum atomic E-state index is -0.501. The predicted octanol–water partition coefficient (Wildman–Crippen LogP) is 8.44.